The van der Waals surface area contributed by atoms with Gasteiger partial charge in [-0.1, -0.05) is 119 Å². The van der Waals surface area contributed by atoms with Crippen LogP contribution < -0.4 is 10.4 Å². The van der Waals surface area contributed by atoms with Crippen LogP contribution in [0, 0.1) is 11.8 Å². The van der Waals surface area contributed by atoms with Crippen molar-refractivity contribution < 1.29 is 23.8 Å². The zero-order valence-electron chi connectivity index (χ0n) is 25.5. The molecule has 2 aromatic rings. The number of allylic oxidation sites excluding steroid dienone is 1. The number of carbonyl (C=O) groups excluding carboxylic acids is 1. The normalized spacial score (nSPS) is 20.0. The number of esters is 1. The van der Waals surface area contributed by atoms with Gasteiger partial charge in [-0.2, -0.15) is 0 Å². The molecule has 4 atom stereocenters. The van der Waals surface area contributed by atoms with Gasteiger partial charge in [-0.05, 0) is 40.4 Å². The Morgan fingerprint density at radius 2 is 1.71 bits per heavy atom. The van der Waals surface area contributed by atoms with Crippen molar-refractivity contribution in [1.29, 1.82) is 0 Å². The molecule has 3 rings (SSSR count). The summed E-state index contributed by atoms with van der Waals surface area (Å²) in [6.07, 6.45) is 8.55. The minimum absolute atomic E-state index is 0.0827. The van der Waals surface area contributed by atoms with Crippen LogP contribution in [0.1, 0.15) is 79.1 Å². The van der Waals surface area contributed by atoms with Gasteiger partial charge in [0.05, 0.1) is 31.5 Å². The monoisotopic (exact) mass is 576 g/mol. The summed E-state index contributed by atoms with van der Waals surface area (Å²) >= 11 is 0. The highest BCUT2D eigenvalue weighted by Crippen LogP contribution is 2.40. The number of hydrogen-bond donors (Lipinski definition) is 1. The van der Waals surface area contributed by atoms with E-state index in [2.05, 4.69) is 105 Å². The topological polar surface area (TPSA) is 65.0 Å². The van der Waals surface area contributed by atoms with Gasteiger partial charge >= 0.3 is 5.97 Å². The molecular weight excluding hydrogens is 528 g/mol. The Bertz CT molecular complexity index is 1110. The smallest absolute Gasteiger partial charge is 0.305 e. The molecule has 0 saturated carbocycles. The summed E-state index contributed by atoms with van der Waals surface area (Å²) in [5.41, 5.74) is 0. The number of aliphatic hydroxyl groups is 1. The third kappa shape index (κ3) is 8.90. The molecule has 0 amide bonds. The van der Waals surface area contributed by atoms with Gasteiger partial charge in [-0.15, -0.1) is 0 Å². The third-order valence-electron chi connectivity index (χ3n) is 7.84. The summed E-state index contributed by atoms with van der Waals surface area (Å²) in [6, 6.07) is 21.4. The zero-order chi connectivity index (χ0) is 29.7. The van der Waals surface area contributed by atoms with E-state index in [1.54, 1.807) is 12.2 Å². The maximum atomic E-state index is 11.2. The molecule has 1 saturated heterocycles. The molecular formula is C35H48O5Si. The molecule has 1 N–H and O–H groups in total. The first-order valence-electron chi connectivity index (χ1n) is 15.1. The number of hydrogen-bond acceptors (Lipinski definition) is 5. The van der Waals surface area contributed by atoms with E-state index in [-0.39, 0.29) is 29.3 Å². The van der Waals surface area contributed by atoms with Crippen LogP contribution >= 0.6 is 0 Å². The van der Waals surface area contributed by atoms with E-state index in [9.17, 15) is 9.90 Å². The standard InChI is InChI=1S/C35H48O5Si/c1-6-7-13-25-31-33(27-32(39-31)30(36)24-18-9-8-10-19-26-34(37)38-5)40-41(35(2,3)4,28-20-14-11-15-21-28)29-22-16-12-17-23-29/h11-12,14-18,20-24,30-33,36H,6-7,10,13,19,25-27H2,1-5H3/b24-18-/t30-,31-,32-,33-/m0/s1. The largest absolute Gasteiger partial charge is 0.469 e. The fraction of sp³-hybridized carbons (Fsp3) is 0.514. The lowest BCUT2D eigenvalue weighted by atomic mass is 10.0. The second kappa shape index (κ2) is 16.1. The van der Waals surface area contributed by atoms with Gasteiger partial charge in [0.2, 0.25) is 0 Å². The van der Waals surface area contributed by atoms with Crippen molar-refractivity contribution in [2.75, 3.05) is 7.11 Å². The Kier molecular flexibility index (Phi) is 12.9. The number of aliphatic hydroxyl groups excluding tert-OH is 1. The Balaban J connectivity index is 1.84. The van der Waals surface area contributed by atoms with Crippen molar-refractivity contribution in [3.05, 3.63) is 72.8 Å². The first-order valence-corrected chi connectivity index (χ1v) is 17.0. The molecule has 1 heterocycles. The maximum absolute atomic E-state index is 11.2. The lowest BCUT2D eigenvalue weighted by molar-refractivity contribution is -0.140. The van der Waals surface area contributed by atoms with Gasteiger partial charge in [-0.3, -0.25) is 4.79 Å². The second-order valence-corrected chi connectivity index (χ2v) is 16.1. The molecule has 0 radical (unpaired) electrons. The summed E-state index contributed by atoms with van der Waals surface area (Å²) in [5.74, 6) is 5.78. The van der Waals surface area contributed by atoms with Gasteiger partial charge < -0.3 is 19.0 Å². The van der Waals surface area contributed by atoms with Crippen LogP contribution in [0.4, 0.5) is 0 Å². The zero-order valence-corrected chi connectivity index (χ0v) is 26.5. The molecule has 5 nitrogen and oxygen atoms in total. The highest BCUT2D eigenvalue weighted by Gasteiger charge is 2.53. The fourth-order valence-electron chi connectivity index (χ4n) is 5.69. The predicted octanol–water partition coefficient (Wildman–Crippen LogP) is 5.93. The van der Waals surface area contributed by atoms with Crippen LogP contribution in [0.25, 0.3) is 0 Å². The molecule has 1 aliphatic heterocycles. The number of methoxy groups -OCH3 is 1. The van der Waals surface area contributed by atoms with E-state index in [0.717, 1.165) is 25.7 Å². The minimum Gasteiger partial charge on any atom is -0.469 e. The predicted molar refractivity (Wildman–Crippen MR) is 169 cm³/mol. The highest BCUT2D eigenvalue weighted by atomic mass is 28.4. The van der Waals surface area contributed by atoms with Crippen molar-refractivity contribution in [2.24, 2.45) is 0 Å². The quantitative estimate of drug-likeness (QED) is 0.139. The summed E-state index contributed by atoms with van der Waals surface area (Å²) in [7, 11) is -1.37. The van der Waals surface area contributed by atoms with Gasteiger partial charge in [0.1, 0.15) is 0 Å². The van der Waals surface area contributed by atoms with Crippen molar-refractivity contribution in [3.63, 3.8) is 0 Å². The van der Waals surface area contributed by atoms with Crippen LogP contribution in [-0.2, 0) is 18.7 Å². The molecule has 1 aliphatic rings. The van der Waals surface area contributed by atoms with Crippen LogP contribution in [0.3, 0.4) is 0 Å². The van der Waals surface area contributed by atoms with E-state index in [1.807, 2.05) is 0 Å². The Labute approximate surface area is 248 Å². The number of benzene rings is 2. The average Bonchev–Trinajstić information content (AvgIpc) is 3.38. The van der Waals surface area contributed by atoms with Crippen LogP contribution in [-0.4, -0.2) is 50.9 Å². The second-order valence-electron chi connectivity index (χ2n) is 11.9. The summed E-state index contributed by atoms with van der Waals surface area (Å²) in [5, 5.41) is 13.4. The highest BCUT2D eigenvalue weighted by molar-refractivity contribution is 6.99. The van der Waals surface area contributed by atoms with Crippen LogP contribution in [0.15, 0.2) is 72.8 Å². The molecule has 6 heteroatoms. The van der Waals surface area contributed by atoms with Crippen molar-refractivity contribution in [2.45, 2.75) is 109 Å². The van der Waals surface area contributed by atoms with Gasteiger partial charge in [-0.25, -0.2) is 0 Å². The lowest BCUT2D eigenvalue weighted by Crippen LogP contribution is -2.68. The fourth-order valence-corrected chi connectivity index (χ4v) is 10.4. The Morgan fingerprint density at radius 3 is 2.27 bits per heavy atom. The van der Waals surface area contributed by atoms with E-state index in [4.69, 9.17) is 9.16 Å². The van der Waals surface area contributed by atoms with E-state index in [0.29, 0.717) is 25.7 Å². The number of carbonyl (C=O) groups is 1. The Hall–Kier alpha value is -2.69. The minimum atomic E-state index is -2.76. The number of rotatable bonds is 13. The first kappa shape index (κ1) is 32.8. The molecule has 0 bridgehead atoms. The van der Waals surface area contributed by atoms with E-state index < -0.39 is 14.4 Å². The number of ether oxygens (including phenoxy) is 2. The van der Waals surface area contributed by atoms with Gasteiger partial charge in [0, 0.05) is 19.3 Å². The molecule has 222 valence electrons. The van der Waals surface area contributed by atoms with Crippen LogP contribution in [0.2, 0.25) is 5.04 Å². The molecule has 1 fully saturated rings. The Morgan fingerprint density at radius 1 is 1.07 bits per heavy atom. The van der Waals surface area contributed by atoms with Crippen molar-refractivity contribution in [3.8, 4) is 11.8 Å². The number of unbranched alkanes of at least 4 members (excludes halogenated alkanes) is 3. The van der Waals surface area contributed by atoms with Crippen LogP contribution in [0.5, 0.6) is 0 Å². The van der Waals surface area contributed by atoms with Crippen molar-refractivity contribution >= 4 is 24.7 Å². The molecule has 0 aromatic heterocycles. The summed E-state index contributed by atoms with van der Waals surface area (Å²) in [4.78, 5) is 11.2. The van der Waals surface area contributed by atoms with E-state index in [1.165, 1.54) is 17.5 Å². The van der Waals surface area contributed by atoms with Gasteiger partial charge in [0.25, 0.3) is 8.32 Å². The SMILES string of the molecule is CCCCC[C@@H]1O[C@H]([C@@H](O)/C=C\C#CCCCC(=O)OC)C[C@@H]1O[Si](c1ccccc1)(c1ccccc1)C(C)(C)C. The average molecular weight is 577 g/mol. The summed E-state index contributed by atoms with van der Waals surface area (Å²) < 4.78 is 18.7. The maximum Gasteiger partial charge on any atom is 0.305 e. The van der Waals surface area contributed by atoms with Crippen molar-refractivity contribution in [1.82, 2.24) is 0 Å². The lowest BCUT2D eigenvalue weighted by Gasteiger charge is -2.45. The molecule has 0 unspecified atom stereocenters. The first-order chi connectivity index (χ1) is 19.7. The molecule has 41 heavy (non-hydrogen) atoms. The summed E-state index contributed by atoms with van der Waals surface area (Å²) in [6.45, 7) is 9.08. The molecule has 2 aromatic carbocycles. The molecule has 0 aliphatic carbocycles. The van der Waals surface area contributed by atoms with E-state index >= 15 is 0 Å². The molecule has 0 spiro atoms. The van der Waals surface area contributed by atoms with Gasteiger partial charge in [0.15, 0.2) is 0 Å². The third-order valence-corrected chi connectivity index (χ3v) is 12.9.